The third-order valence-electron chi connectivity index (χ3n) is 4.03. The molecular formula is C20H14BrFN2O6. The van der Waals surface area contributed by atoms with Crippen molar-refractivity contribution in [3.63, 3.8) is 0 Å². The van der Waals surface area contributed by atoms with Crippen LogP contribution in [0.2, 0.25) is 0 Å². The highest BCUT2D eigenvalue weighted by atomic mass is 79.9. The second-order valence-corrected chi connectivity index (χ2v) is 6.84. The van der Waals surface area contributed by atoms with Crippen molar-refractivity contribution in [1.29, 1.82) is 0 Å². The molecule has 0 saturated carbocycles. The molecule has 2 aromatic rings. The van der Waals surface area contributed by atoms with E-state index in [4.69, 9.17) is 4.74 Å². The van der Waals surface area contributed by atoms with Gasteiger partial charge in [0.25, 0.3) is 11.8 Å². The van der Waals surface area contributed by atoms with Gasteiger partial charge in [-0.25, -0.2) is 18.9 Å². The van der Waals surface area contributed by atoms with E-state index >= 15 is 0 Å². The molecule has 3 rings (SSSR count). The smallest absolute Gasteiger partial charge is 0.343 e. The summed E-state index contributed by atoms with van der Waals surface area (Å²) in [7, 11) is 1.24. The molecule has 1 saturated heterocycles. The molecule has 8 nitrogen and oxygen atoms in total. The molecule has 0 aliphatic carbocycles. The minimum Gasteiger partial charge on any atom is -0.481 e. The average Bonchev–Trinajstić information content (AvgIpc) is 2.71. The molecule has 10 heteroatoms. The number of benzene rings is 2. The Bertz CT molecular complexity index is 1070. The molecule has 0 unspecified atom stereocenters. The van der Waals surface area contributed by atoms with Crippen molar-refractivity contribution in [1.82, 2.24) is 5.32 Å². The molecule has 154 valence electrons. The molecule has 1 heterocycles. The number of imide groups is 2. The first-order valence-corrected chi connectivity index (χ1v) is 9.25. The van der Waals surface area contributed by atoms with Gasteiger partial charge in [0.1, 0.15) is 17.1 Å². The highest BCUT2D eigenvalue weighted by molar-refractivity contribution is 9.10. The lowest BCUT2D eigenvalue weighted by atomic mass is 10.1. The molecule has 0 aromatic heterocycles. The summed E-state index contributed by atoms with van der Waals surface area (Å²) in [5, 5.41) is 2.09. The number of ether oxygens (including phenoxy) is 2. The maximum Gasteiger partial charge on any atom is 0.343 e. The van der Waals surface area contributed by atoms with Crippen LogP contribution in [0.5, 0.6) is 5.75 Å². The number of carbonyl (C=O) groups is 4. The number of hydrogen-bond acceptors (Lipinski definition) is 6. The Morgan fingerprint density at radius 1 is 1.17 bits per heavy atom. The molecule has 1 N–H and O–H groups in total. The summed E-state index contributed by atoms with van der Waals surface area (Å²) < 4.78 is 23.4. The molecule has 0 radical (unpaired) electrons. The van der Waals surface area contributed by atoms with Crippen molar-refractivity contribution >= 4 is 51.5 Å². The fraction of sp³-hybridized carbons (Fsp3) is 0.100. The lowest BCUT2D eigenvalue weighted by Gasteiger charge is -2.26. The molecule has 0 bridgehead atoms. The highest BCUT2D eigenvalue weighted by Crippen LogP contribution is 2.28. The largest absolute Gasteiger partial charge is 0.481 e. The van der Waals surface area contributed by atoms with Crippen molar-refractivity contribution in [3.8, 4) is 5.75 Å². The number of esters is 1. The Morgan fingerprint density at radius 2 is 1.87 bits per heavy atom. The van der Waals surface area contributed by atoms with Crippen LogP contribution in [0.1, 0.15) is 5.56 Å². The third-order valence-corrected chi connectivity index (χ3v) is 4.65. The second-order valence-electron chi connectivity index (χ2n) is 5.99. The van der Waals surface area contributed by atoms with Crippen molar-refractivity contribution < 1.29 is 33.0 Å². The molecular weight excluding hydrogens is 463 g/mol. The van der Waals surface area contributed by atoms with Gasteiger partial charge >= 0.3 is 12.0 Å². The number of nitrogens with one attached hydrogen (secondary N) is 1. The number of anilines is 1. The normalized spacial score (nSPS) is 15.2. The fourth-order valence-corrected chi connectivity index (χ4v) is 3.08. The summed E-state index contributed by atoms with van der Waals surface area (Å²) in [5.74, 6) is -2.44. The molecule has 0 spiro atoms. The Kier molecular flexibility index (Phi) is 6.26. The van der Waals surface area contributed by atoms with Gasteiger partial charge in [0, 0.05) is 0 Å². The van der Waals surface area contributed by atoms with Crippen molar-refractivity contribution in [2.45, 2.75) is 0 Å². The fourth-order valence-electron chi connectivity index (χ4n) is 2.57. The summed E-state index contributed by atoms with van der Waals surface area (Å²) in [6.45, 7) is -0.287. The van der Waals surface area contributed by atoms with Crippen LogP contribution >= 0.6 is 15.9 Å². The summed E-state index contributed by atoms with van der Waals surface area (Å²) >= 11 is 3.29. The minimum absolute atomic E-state index is 0.116. The van der Waals surface area contributed by atoms with Gasteiger partial charge in [-0.15, -0.1) is 0 Å². The first-order valence-electron chi connectivity index (χ1n) is 8.46. The van der Waals surface area contributed by atoms with Gasteiger partial charge < -0.3 is 9.47 Å². The lowest BCUT2D eigenvalue weighted by molar-refractivity contribution is -0.143. The number of hydrogen-bond donors (Lipinski definition) is 1. The van der Waals surface area contributed by atoms with E-state index in [0.717, 1.165) is 17.0 Å². The Labute approximate surface area is 178 Å². The predicted molar refractivity (Wildman–Crippen MR) is 107 cm³/mol. The monoisotopic (exact) mass is 476 g/mol. The molecule has 4 amide bonds. The lowest BCUT2D eigenvalue weighted by Crippen LogP contribution is -2.54. The number of halogens is 2. The molecule has 30 heavy (non-hydrogen) atoms. The van der Waals surface area contributed by atoms with Gasteiger partial charge in [-0.3, -0.25) is 14.9 Å². The number of rotatable bonds is 5. The Morgan fingerprint density at radius 3 is 2.50 bits per heavy atom. The quantitative estimate of drug-likeness (QED) is 0.404. The van der Waals surface area contributed by atoms with Crippen molar-refractivity contribution in [2.75, 3.05) is 18.6 Å². The number of nitrogens with zero attached hydrogens (tertiary/aromatic N) is 1. The molecule has 1 aliphatic heterocycles. The number of urea groups is 1. The van der Waals surface area contributed by atoms with E-state index < -0.39 is 29.6 Å². The van der Waals surface area contributed by atoms with Crippen LogP contribution in [0.3, 0.4) is 0 Å². The first-order chi connectivity index (χ1) is 14.3. The number of barbiturate groups is 1. The van der Waals surface area contributed by atoms with Crippen LogP contribution in [0.15, 0.2) is 52.5 Å². The van der Waals surface area contributed by atoms with Gasteiger partial charge in [0.05, 0.1) is 17.3 Å². The van der Waals surface area contributed by atoms with Crippen LogP contribution in [0, 0.1) is 5.82 Å². The number of carbonyl (C=O) groups excluding carboxylic acids is 4. The molecule has 0 atom stereocenters. The van der Waals surface area contributed by atoms with Crippen molar-refractivity contribution in [2.24, 2.45) is 0 Å². The number of amides is 4. The van der Waals surface area contributed by atoms with Crippen LogP contribution in [0.25, 0.3) is 6.08 Å². The predicted octanol–water partition coefficient (Wildman–Crippen LogP) is 2.81. The SMILES string of the molecule is COC(=O)COc1ccc(C=C2C(=O)NC(=O)N(c3ccc(F)cc3)C2=O)cc1Br. The molecule has 1 fully saturated rings. The Hall–Kier alpha value is -3.53. The maximum atomic E-state index is 13.2. The van der Waals surface area contributed by atoms with E-state index in [1.54, 1.807) is 12.1 Å². The topological polar surface area (TPSA) is 102 Å². The minimum atomic E-state index is -0.929. The van der Waals surface area contributed by atoms with E-state index in [1.165, 1.54) is 31.4 Å². The zero-order chi connectivity index (χ0) is 21.8. The second kappa shape index (κ2) is 8.87. The zero-order valence-corrected chi connectivity index (χ0v) is 17.1. The van der Waals surface area contributed by atoms with Crippen LogP contribution in [-0.4, -0.2) is 37.5 Å². The van der Waals surface area contributed by atoms with Gasteiger partial charge in [0.15, 0.2) is 6.61 Å². The van der Waals surface area contributed by atoms with E-state index in [-0.39, 0.29) is 17.9 Å². The summed E-state index contributed by atoms with van der Waals surface area (Å²) in [4.78, 5) is 49.1. The van der Waals surface area contributed by atoms with Gasteiger partial charge in [-0.2, -0.15) is 0 Å². The van der Waals surface area contributed by atoms with Gasteiger partial charge in [-0.1, -0.05) is 6.07 Å². The highest BCUT2D eigenvalue weighted by Gasteiger charge is 2.36. The maximum absolute atomic E-state index is 13.2. The van der Waals surface area contributed by atoms with Gasteiger partial charge in [0.2, 0.25) is 0 Å². The summed E-state index contributed by atoms with van der Waals surface area (Å²) in [5.41, 5.74) is 0.290. The third kappa shape index (κ3) is 4.54. The van der Waals surface area contributed by atoms with E-state index in [0.29, 0.717) is 15.8 Å². The molecule has 2 aromatic carbocycles. The first kappa shape index (κ1) is 21.2. The summed E-state index contributed by atoms with van der Waals surface area (Å²) in [6, 6.07) is 8.44. The summed E-state index contributed by atoms with van der Waals surface area (Å²) in [6.07, 6.45) is 1.30. The van der Waals surface area contributed by atoms with Crippen LogP contribution in [-0.2, 0) is 19.1 Å². The zero-order valence-electron chi connectivity index (χ0n) is 15.5. The molecule has 1 aliphatic rings. The van der Waals surface area contributed by atoms with Crippen LogP contribution < -0.4 is 15.0 Å². The standard InChI is InChI=1S/C20H14BrFN2O6/c1-29-17(25)10-30-16-7-2-11(9-15(16)21)8-14-18(26)23-20(28)24(19(14)27)13-5-3-12(22)4-6-13/h2-9H,10H2,1H3,(H,23,26,28). The van der Waals surface area contributed by atoms with Gasteiger partial charge in [-0.05, 0) is 64.0 Å². The van der Waals surface area contributed by atoms with Crippen LogP contribution in [0.4, 0.5) is 14.9 Å². The van der Waals surface area contributed by atoms with E-state index in [1.807, 2.05) is 0 Å². The van der Waals surface area contributed by atoms with Crippen molar-refractivity contribution in [3.05, 3.63) is 63.9 Å². The van der Waals surface area contributed by atoms with E-state index in [2.05, 4.69) is 26.0 Å². The Balaban J connectivity index is 1.88. The average molecular weight is 477 g/mol. The van der Waals surface area contributed by atoms with E-state index in [9.17, 15) is 23.6 Å². The number of methoxy groups -OCH3 is 1.